The van der Waals surface area contributed by atoms with Gasteiger partial charge in [0, 0.05) is 0 Å². The van der Waals surface area contributed by atoms with Crippen molar-refractivity contribution in [3.05, 3.63) is 57.1 Å². The zero-order chi connectivity index (χ0) is 16.6. The number of hydrogen-bond acceptors (Lipinski definition) is 0. The molecular formula is C23H24. The van der Waals surface area contributed by atoms with E-state index in [9.17, 15) is 0 Å². The van der Waals surface area contributed by atoms with Crippen LogP contribution in [0.15, 0.2) is 18.2 Å². The summed E-state index contributed by atoms with van der Waals surface area (Å²) in [5, 5.41) is 8.74. The molecule has 0 saturated carbocycles. The van der Waals surface area contributed by atoms with Crippen LogP contribution in [0, 0.1) is 48.5 Å². The number of benzene rings is 4. The lowest BCUT2D eigenvalue weighted by atomic mass is 9.81. The minimum absolute atomic E-state index is 1.38. The maximum absolute atomic E-state index is 2.38. The molecule has 4 aromatic carbocycles. The summed E-state index contributed by atoms with van der Waals surface area (Å²) in [6.45, 7) is 16.0. The largest absolute Gasteiger partial charge is 0.0581 e. The highest BCUT2D eigenvalue weighted by Gasteiger charge is 2.20. The van der Waals surface area contributed by atoms with Crippen LogP contribution in [0.2, 0.25) is 0 Å². The smallest absolute Gasteiger partial charge is 0.00156 e. The van der Waals surface area contributed by atoms with Crippen LogP contribution in [-0.4, -0.2) is 0 Å². The lowest BCUT2D eigenvalue weighted by Gasteiger charge is -2.23. The van der Waals surface area contributed by atoms with Gasteiger partial charge in [0.25, 0.3) is 0 Å². The molecule has 0 heterocycles. The van der Waals surface area contributed by atoms with Crippen molar-refractivity contribution in [3.8, 4) is 0 Å². The molecule has 0 N–H and O–H groups in total. The molecule has 0 atom stereocenters. The third-order valence-corrected chi connectivity index (χ3v) is 6.15. The SMILES string of the molecule is Cc1c(C)c2c(C)cc3ccc(C)c4c(C)c(C)c(c1C)c2c34. The molecule has 0 saturated heterocycles. The van der Waals surface area contributed by atoms with Gasteiger partial charge in [0.05, 0.1) is 0 Å². The molecule has 0 aromatic heterocycles. The van der Waals surface area contributed by atoms with Crippen molar-refractivity contribution < 1.29 is 0 Å². The van der Waals surface area contributed by atoms with Crippen molar-refractivity contribution in [3.63, 3.8) is 0 Å². The molecule has 4 rings (SSSR count). The lowest BCUT2D eigenvalue weighted by molar-refractivity contribution is 1.29. The lowest BCUT2D eigenvalue weighted by Crippen LogP contribution is -2.00. The predicted octanol–water partition coefficient (Wildman–Crippen LogP) is 6.74. The maximum atomic E-state index is 2.38. The predicted molar refractivity (Wildman–Crippen MR) is 103 cm³/mol. The van der Waals surface area contributed by atoms with E-state index in [2.05, 4.69) is 66.7 Å². The molecule has 23 heavy (non-hydrogen) atoms. The Bertz CT molecular complexity index is 1110. The summed E-state index contributed by atoms with van der Waals surface area (Å²) in [6, 6.07) is 6.95. The van der Waals surface area contributed by atoms with Crippen LogP contribution in [0.1, 0.15) is 38.9 Å². The van der Waals surface area contributed by atoms with Gasteiger partial charge in [-0.1, -0.05) is 18.2 Å². The average Bonchev–Trinajstić information content (AvgIpc) is 2.51. The Morgan fingerprint density at radius 3 is 1.65 bits per heavy atom. The Morgan fingerprint density at radius 2 is 0.957 bits per heavy atom. The molecule has 0 aliphatic carbocycles. The topological polar surface area (TPSA) is 0 Å². The Balaban J connectivity index is 2.56. The van der Waals surface area contributed by atoms with Crippen LogP contribution in [0.3, 0.4) is 0 Å². The average molecular weight is 300 g/mol. The first-order chi connectivity index (χ1) is 10.8. The zero-order valence-corrected chi connectivity index (χ0v) is 15.2. The van der Waals surface area contributed by atoms with Gasteiger partial charge in [-0.05, 0) is 120 Å². The van der Waals surface area contributed by atoms with E-state index in [1.165, 1.54) is 71.3 Å². The Labute approximate surface area is 138 Å². The molecule has 0 spiro atoms. The van der Waals surface area contributed by atoms with Crippen LogP contribution >= 0.6 is 0 Å². The Hall–Kier alpha value is -2.08. The van der Waals surface area contributed by atoms with Crippen molar-refractivity contribution >= 4 is 32.3 Å². The van der Waals surface area contributed by atoms with Gasteiger partial charge in [-0.15, -0.1) is 0 Å². The highest BCUT2D eigenvalue weighted by Crippen LogP contribution is 2.44. The molecule has 0 unspecified atom stereocenters. The van der Waals surface area contributed by atoms with Crippen LogP contribution in [0.5, 0.6) is 0 Å². The van der Waals surface area contributed by atoms with Crippen molar-refractivity contribution in [2.45, 2.75) is 48.5 Å². The van der Waals surface area contributed by atoms with Gasteiger partial charge in [0.15, 0.2) is 0 Å². The Kier molecular flexibility index (Phi) is 2.82. The van der Waals surface area contributed by atoms with Gasteiger partial charge in [-0.2, -0.15) is 0 Å². The van der Waals surface area contributed by atoms with Crippen molar-refractivity contribution in [1.82, 2.24) is 0 Å². The van der Waals surface area contributed by atoms with Crippen molar-refractivity contribution in [1.29, 1.82) is 0 Å². The molecule has 0 heteroatoms. The summed E-state index contributed by atoms with van der Waals surface area (Å²) in [4.78, 5) is 0. The van der Waals surface area contributed by atoms with Gasteiger partial charge in [0.1, 0.15) is 0 Å². The number of rotatable bonds is 0. The summed E-state index contributed by atoms with van der Waals surface area (Å²) in [5.41, 5.74) is 10.0. The summed E-state index contributed by atoms with van der Waals surface area (Å²) < 4.78 is 0. The number of aryl methyl sites for hydroxylation is 6. The summed E-state index contributed by atoms with van der Waals surface area (Å²) in [6.07, 6.45) is 0. The second-order valence-corrected chi connectivity index (χ2v) is 7.30. The molecule has 0 bridgehead atoms. The zero-order valence-electron chi connectivity index (χ0n) is 15.2. The van der Waals surface area contributed by atoms with E-state index in [0.29, 0.717) is 0 Å². The molecule has 0 radical (unpaired) electrons. The molecule has 0 amide bonds. The fourth-order valence-corrected chi connectivity index (χ4v) is 4.64. The van der Waals surface area contributed by atoms with Crippen LogP contribution in [0.25, 0.3) is 32.3 Å². The first-order valence-electron chi connectivity index (χ1n) is 8.49. The molecule has 0 aliphatic rings. The highest BCUT2D eigenvalue weighted by molar-refractivity contribution is 6.27. The van der Waals surface area contributed by atoms with Crippen molar-refractivity contribution in [2.75, 3.05) is 0 Å². The van der Waals surface area contributed by atoms with Crippen LogP contribution in [0.4, 0.5) is 0 Å². The monoisotopic (exact) mass is 300 g/mol. The maximum Gasteiger partial charge on any atom is -0.00156 e. The molecule has 0 aliphatic heterocycles. The fraction of sp³-hybridized carbons (Fsp3) is 0.304. The second-order valence-electron chi connectivity index (χ2n) is 7.30. The minimum Gasteiger partial charge on any atom is -0.0581 e. The third kappa shape index (κ3) is 1.62. The van der Waals surface area contributed by atoms with Crippen LogP contribution in [-0.2, 0) is 0 Å². The number of hydrogen-bond donors (Lipinski definition) is 0. The molecular weight excluding hydrogens is 276 g/mol. The fourth-order valence-electron chi connectivity index (χ4n) is 4.64. The van der Waals surface area contributed by atoms with Gasteiger partial charge in [0.2, 0.25) is 0 Å². The molecule has 0 nitrogen and oxygen atoms in total. The van der Waals surface area contributed by atoms with E-state index in [1.54, 1.807) is 0 Å². The van der Waals surface area contributed by atoms with Gasteiger partial charge < -0.3 is 0 Å². The standard InChI is InChI=1S/C23H24/c1-11-8-9-18-10-12(2)20-14(4)13(3)15(5)21-17(7)16(6)19(11)22(18)23(20)21/h8-10H,1-7H3. The van der Waals surface area contributed by atoms with Crippen LogP contribution < -0.4 is 0 Å². The van der Waals surface area contributed by atoms with E-state index >= 15 is 0 Å². The van der Waals surface area contributed by atoms with E-state index in [1.807, 2.05) is 0 Å². The molecule has 4 aromatic rings. The second kappa shape index (κ2) is 4.47. The first-order valence-corrected chi connectivity index (χ1v) is 8.49. The minimum atomic E-state index is 1.38. The van der Waals surface area contributed by atoms with Crippen molar-refractivity contribution in [2.24, 2.45) is 0 Å². The van der Waals surface area contributed by atoms with Gasteiger partial charge in [-0.25, -0.2) is 0 Å². The Morgan fingerprint density at radius 1 is 0.435 bits per heavy atom. The third-order valence-electron chi connectivity index (χ3n) is 6.15. The normalized spacial score (nSPS) is 12.1. The van der Waals surface area contributed by atoms with Gasteiger partial charge >= 0.3 is 0 Å². The summed E-state index contributed by atoms with van der Waals surface area (Å²) in [7, 11) is 0. The van der Waals surface area contributed by atoms with E-state index in [0.717, 1.165) is 0 Å². The van der Waals surface area contributed by atoms with E-state index in [-0.39, 0.29) is 0 Å². The molecule has 0 fully saturated rings. The quantitative estimate of drug-likeness (QED) is 0.315. The molecule has 116 valence electrons. The highest BCUT2D eigenvalue weighted by atomic mass is 14.2. The van der Waals surface area contributed by atoms with E-state index in [4.69, 9.17) is 0 Å². The summed E-state index contributed by atoms with van der Waals surface area (Å²) >= 11 is 0. The van der Waals surface area contributed by atoms with Gasteiger partial charge in [-0.3, -0.25) is 0 Å². The summed E-state index contributed by atoms with van der Waals surface area (Å²) in [5.74, 6) is 0. The first kappa shape index (κ1) is 14.5. The van der Waals surface area contributed by atoms with E-state index < -0.39 is 0 Å².